The number of nitrogens with zero attached hydrogens (tertiary/aromatic N) is 1. The molecule has 1 aromatic heterocycles. The second kappa shape index (κ2) is 6.08. The lowest BCUT2D eigenvalue weighted by Crippen LogP contribution is -2.12. The maximum absolute atomic E-state index is 13.4. The second-order valence-corrected chi connectivity index (χ2v) is 5.16. The minimum Gasteiger partial charge on any atom is -0.487 e. The van der Waals surface area contributed by atoms with Gasteiger partial charge in [-0.3, -0.25) is 4.98 Å². The van der Waals surface area contributed by atoms with Crippen LogP contribution < -0.4 is 10.5 Å². The molecule has 1 aromatic carbocycles. The lowest BCUT2D eigenvalue weighted by atomic mass is 10.1. The van der Waals surface area contributed by atoms with Crippen molar-refractivity contribution in [1.29, 1.82) is 0 Å². The van der Waals surface area contributed by atoms with Gasteiger partial charge < -0.3 is 10.5 Å². The Labute approximate surface area is 123 Å². The smallest absolute Gasteiger partial charge is 0.139 e. The number of ether oxygens (including phenoxy) is 1. The molecule has 6 heteroatoms. The molecule has 0 saturated carbocycles. The maximum Gasteiger partial charge on any atom is 0.139 e. The molecule has 0 spiro atoms. The van der Waals surface area contributed by atoms with Gasteiger partial charge in [0, 0.05) is 16.2 Å². The molecule has 98 valence electrons. The van der Waals surface area contributed by atoms with Crippen molar-refractivity contribution < 1.29 is 9.13 Å². The molecular weight excluding hydrogens is 331 g/mol. The van der Waals surface area contributed by atoms with Gasteiger partial charge in [0.1, 0.15) is 23.2 Å². The molecule has 0 fully saturated rings. The van der Waals surface area contributed by atoms with Crippen molar-refractivity contribution in [3.05, 3.63) is 58.1 Å². The summed E-state index contributed by atoms with van der Waals surface area (Å²) in [5.74, 6) is 0.191. The highest BCUT2D eigenvalue weighted by atomic mass is 79.9. The van der Waals surface area contributed by atoms with Gasteiger partial charge in [0.05, 0.1) is 6.20 Å². The number of hydrogen-bond donors (Lipinski definition) is 1. The van der Waals surface area contributed by atoms with Crippen LogP contribution in [0.25, 0.3) is 0 Å². The van der Waals surface area contributed by atoms with Crippen LogP contribution in [0.2, 0.25) is 0 Å². The van der Waals surface area contributed by atoms with E-state index in [2.05, 4.69) is 20.9 Å². The van der Waals surface area contributed by atoms with Crippen molar-refractivity contribution in [2.75, 3.05) is 0 Å². The Morgan fingerprint density at radius 1 is 1.37 bits per heavy atom. The lowest BCUT2D eigenvalue weighted by Gasteiger charge is -2.08. The molecule has 2 rings (SSSR count). The Hall–Kier alpha value is -1.53. The van der Waals surface area contributed by atoms with Gasteiger partial charge >= 0.3 is 0 Å². The van der Waals surface area contributed by atoms with Crippen molar-refractivity contribution in [1.82, 2.24) is 4.98 Å². The van der Waals surface area contributed by atoms with Crippen LogP contribution in [0.1, 0.15) is 11.1 Å². The summed E-state index contributed by atoms with van der Waals surface area (Å²) in [6, 6.07) is 6.34. The monoisotopic (exact) mass is 340 g/mol. The van der Waals surface area contributed by atoms with Gasteiger partial charge in [-0.05, 0) is 39.7 Å². The average Bonchev–Trinajstić information content (AvgIpc) is 2.37. The van der Waals surface area contributed by atoms with Gasteiger partial charge in [-0.15, -0.1) is 0 Å². The predicted octanol–water partition coefficient (Wildman–Crippen LogP) is 3.20. The number of thiocarbonyl (C=S) groups is 1. The Bertz CT molecular complexity index is 621. The largest absolute Gasteiger partial charge is 0.487 e. The van der Waals surface area contributed by atoms with Crippen molar-refractivity contribution in [2.45, 2.75) is 6.61 Å². The summed E-state index contributed by atoms with van der Waals surface area (Å²) in [6.07, 6.45) is 3.26. The SMILES string of the molecule is NC(=S)c1cc(COc2cncc(Br)c2)ccc1F. The first-order valence-electron chi connectivity index (χ1n) is 5.38. The van der Waals surface area contributed by atoms with Gasteiger partial charge in [-0.25, -0.2) is 4.39 Å². The summed E-state index contributed by atoms with van der Waals surface area (Å²) in [6.45, 7) is 0.286. The molecule has 2 N–H and O–H groups in total. The summed E-state index contributed by atoms with van der Waals surface area (Å²) < 4.78 is 19.8. The zero-order chi connectivity index (χ0) is 13.8. The Kier molecular flexibility index (Phi) is 4.44. The molecular formula is C13H10BrFN2OS. The van der Waals surface area contributed by atoms with E-state index in [4.69, 9.17) is 22.7 Å². The highest BCUT2D eigenvalue weighted by molar-refractivity contribution is 9.10. The maximum atomic E-state index is 13.4. The molecule has 2 aromatic rings. The molecule has 0 unspecified atom stereocenters. The van der Waals surface area contributed by atoms with E-state index < -0.39 is 5.82 Å². The normalized spacial score (nSPS) is 10.2. The first kappa shape index (κ1) is 13.9. The first-order valence-corrected chi connectivity index (χ1v) is 6.58. The summed E-state index contributed by atoms with van der Waals surface area (Å²) in [5, 5.41) is 0. The Balaban J connectivity index is 2.12. The first-order chi connectivity index (χ1) is 9.06. The minimum absolute atomic E-state index is 0.0310. The van der Waals surface area contributed by atoms with Gasteiger partial charge in [0.15, 0.2) is 0 Å². The number of benzene rings is 1. The van der Waals surface area contributed by atoms with Crippen LogP contribution in [-0.2, 0) is 6.61 Å². The van der Waals surface area contributed by atoms with Crippen LogP contribution >= 0.6 is 28.1 Å². The van der Waals surface area contributed by atoms with Gasteiger partial charge in [-0.2, -0.15) is 0 Å². The molecule has 3 nitrogen and oxygen atoms in total. The van der Waals surface area contributed by atoms with Crippen LogP contribution in [0.5, 0.6) is 5.75 Å². The van der Waals surface area contributed by atoms with E-state index in [1.165, 1.54) is 6.07 Å². The standard InChI is InChI=1S/C13H10BrFN2OS/c14-9-4-10(6-17-5-9)18-7-8-1-2-12(15)11(3-8)13(16)19/h1-6H,7H2,(H2,16,19). The van der Waals surface area contributed by atoms with Gasteiger partial charge in [0.25, 0.3) is 0 Å². The molecule has 0 radical (unpaired) electrons. The van der Waals surface area contributed by atoms with E-state index in [0.717, 1.165) is 10.0 Å². The number of nitrogens with two attached hydrogens (primary N) is 1. The zero-order valence-electron chi connectivity index (χ0n) is 9.77. The number of aromatic nitrogens is 1. The van der Waals surface area contributed by atoms with Crippen molar-refractivity contribution in [3.8, 4) is 5.75 Å². The number of rotatable bonds is 4. The number of pyridine rings is 1. The zero-order valence-corrected chi connectivity index (χ0v) is 12.2. The van der Waals surface area contributed by atoms with E-state index in [9.17, 15) is 4.39 Å². The van der Waals surface area contributed by atoms with E-state index in [-0.39, 0.29) is 17.2 Å². The lowest BCUT2D eigenvalue weighted by molar-refractivity contribution is 0.304. The fourth-order valence-corrected chi connectivity index (χ4v) is 1.99. The van der Waals surface area contributed by atoms with E-state index >= 15 is 0 Å². The van der Waals surface area contributed by atoms with Crippen LogP contribution in [-0.4, -0.2) is 9.97 Å². The molecule has 0 saturated heterocycles. The van der Waals surface area contributed by atoms with Crippen LogP contribution in [0, 0.1) is 5.82 Å². The van der Waals surface area contributed by atoms with Crippen LogP contribution in [0.3, 0.4) is 0 Å². The second-order valence-electron chi connectivity index (χ2n) is 3.81. The molecule has 1 heterocycles. The summed E-state index contributed by atoms with van der Waals surface area (Å²) in [5.41, 5.74) is 6.45. The van der Waals surface area contributed by atoms with E-state index in [1.807, 2.05) is 0 Å². The van der Waals surface area contributed by atoms with E-state index in [0.29, 0.717) is 5.75 Å². The highest BCUT2D eigenvalue weighted by Gasteiger charge is 2.06. The summed E-state index contributed by atoms with van der Waals surface area (Å²) in [7, 11) is 0. The third-order valence-electron chi connectivity index (χ3n) is 2.38. The predicted molar refractivity (Wildman–Crippen MR) is 78.6 cm³/mol. The molecule has 0 bridgehead atoms. The molecule has 0 aliphatic carbocycles. The number of halogens is 2. The summed E-state index contributed by atoms with van der Waals surface area (Å²) in [4.78, 5) is 4.01. The van der Waals surface area contributed by atoms with Crippen LogP contribution in [0.15, 0.2) is 41.1 Å². The third kappa shape index (κ3) is 3.71. The Morgan fingerprint density at radius 2 is 2.16 bits per heavy atom. The fraction of sp³-hybridized carbons (Fsp3) is 0.0769. The molecule has 0 aliphatic rings. The van der Waals surface area contributed by atoms with E-state index in [1.54, 1.807) is 30.6 Å². The van der Waals surface area contributed by atoms with Crippen molar-refractivity contribution in [2.24, 2.45) is 5.73 Å². The molecule has 0 amide bonds. The topological polar surface area (TPSA) is 48.1 Å². The third-order valence-corrected chi connectivity index (χ3v) is 3.04. The van der Waals surface area contributed by atoms with Crippen molar-refractivity contribution >= 4 is 33.1 Å². The van der Waals surface area contributed by atoms with Crippen LogP contribution in [0.4, 0.5) is 4.39 Å². The molecule has 0 aliphatic heterocycles. The van der Waals surface area contributed by atoms with Gasteiger partial charge in [0.2, 0.25) is 0 Å². The highest BCUT2D eigenvalue weighted by Crippen LogP contribution is 2.18. The van der Waals surface area contributed by atoms with Crippen molar-refractivity contribution in [3.63, 3.8) is 0 Å². The Morgan fingerprint density at radius 3 is 2.84 bits per heavy atom. The summed E-state index contributed by atoms with van der Waals surface area (Å²) >= 11 is 8.09. The quantitative estimate of drug-likeness (QED) is 0.868. The molecule has 0 atom stereocenters. The fourth-order valence-electron chi connectivity index (χ4n) is 1.49. The number of hydrogen-bond acceptors (Lipinski definition) is 3. The average molecular weight is 341 g/mol. The molecule has 19 heavy (non-hydrogen) atoms. The van der Waals surface area contributed by atoms with Gasteiger partial charge in [-0.1, -0.05) is 18.3 Å². The minimum atomic E-state index is -0.430.